The van der Waals surface area contributed by atoms with Gasteiger partial charge in [0.15, 0.2) is 0 Å². The van der Waals surface area contributed by atoms with Gasteiger partial charge in [0.2, 0.25) is 17.7 Å². The van der Waals surface area contributed by atoms with E-state index in [9.17, 15) is 14.4 Å². The fraction of sp³-hybridized carbons (Fsp3) is 0.550. The number of benzene rings is 1. The molecule has 6 nitrogen and oxygen atoms in total. The van der Waals surface area contributed by atoms with E-state index >= 15 is 0 Å². The van der Waals surface area contributed by atoms with Gasteiger partial charge in [-0.3, -0.25) is 14.4 Å². The normalized spacial score (nSPS) is 14.4. The van der Waals surface area contributed by atoms with Crippen molar-refractivity contribution in [3.8, 4) is 0 Å². The highest BCUT2D eigenvalue weighted by molar-refractivity contribution is 7.98. The minimum atomic E-state index is -0.214. The number of para-hydroxylation sites is 1. The Labute approximate surface area is 165 Å². The first kappa shape index (κ1) is 21.3. The monoisotopic (exact) mass is 391 g/mol. The third-order valence-electron chi connectivity index (χ3n) is 4.60. The van der Waals surface area contributed by atoms with Gasteiger partial charge in [0.1, 0.15) is 0 Å². The first-order valence-corrected chi connectivity index (χ1v) is 10.8. The SMILES string of the molecule is CSc1ccccc1NC(=O)CCC(=O)NCCC(=O)NC1CCCCC1. The number of hydrogen-bond acceptors (Lipinski definition) is 4. The van der Waals surface area contributed by atoms with Crippen LogP contribution in [0.25, 0.3) is 0 Å². The summed E-state index contributed by atoms with van der Waals surface area (Å²) in [4.78, 5) is 36.8. The van der Waals surface area contributed by atoms with Gasteiger partial charge in [0.05, 0.1) is 5.69 Å². The highest BCUT2D eigenvalue weighted by atomic mass is 32.2. The van der Waals surface area contributed by atoms with Crippen LogP contribution < -0.4 is 16.0 Å². The number of amides is 3. The highest BCUT2D eigenvalue weighted by Crippen LogP contribution is 2.24. The lowest BCUT2D eigenvalue weighted by Gasteiger charge is -2.22. The van der Waals surface area contributed by atoms with E-state index in [-0.39, 0.29) is 43.0 Å². The third-order valence-corrected chi connectivity index (χ3v) is 5.40. The van der Waals surface area contributed by atoms with Gasteiger partial charge in [-0.25, -0.2) is 0 Å². The summed E-state index contributed by atoms with van der Waals surface area (Å²) in [5, 5.41) is 8.57. The number of nitrogens with one attached hydrogen (secondary N) is 3. The fourth-order valence-corrected chi connectivity index (χ4v) is 3.69. The summed E-state index contributed by atoms with van der Waals surface area (Å²) in [6.45, 7) is 0.300. The van der Waals surface area contributed by atoms with Crippen molar-refractivity contribution in [3.05, 3.63) is 24.3 Å². The molecule has 148 valence electrons. The molecule has 2 rings (SSSR count). The molecule has 0 aliphatic heterocycles. The van der Waals surface area contributed by atoms with Crippen LogP contribution in [-0.2, 0) is 14.4 Å². The van der Waals surface area contributed by atoms with Crippen molar-refractivity contribution >= 4 is 35.2 Å². The number of carbonyl (C=O) groups is 3. The number of thioether (sulfide) groups is 1. The molecule has 0 saturated heterocycles. The number of carbonyl (C=O) groups excluding carboxylic acids is 3. The lowest BCUT2D eigenvalue weighted by atomic mass is 9.95. The lowest BCUT2D eigenvalue weighted by Crippen LogP contribution is -2.38. The molecule has 0 spiro atoms. The summed E-state index contributed by atoms with van der Waals surface area (Å²) in [5.74, 6) is -0.427. The maximum absolute atomic E-state index is 12.0. The molecule has 0 radical (unpaired) electrons. The van der Waals surface area contributed by atoms with E-state index < -0.39 is 0 Å². The van der Waals surface area contributed by atoms with Crippen molar-refractivity contribution in [2.75, 3.05) is 18.1 Å². The second-order valence-electron chi connectivity index (χ2n) is 6.75. The average molecular weight is 392 g/mol. The third kappa shape index (κ3) is 8.03. The van der Waals surface area contributed by atoms with E-state index in [0.29, 0.717) is 6.54 Å². The van der Waals surface area contributed by atoms with Gasteiger partial charge in [-0.2, -0.15) is 0 Å². The summed E-state index contributed by atoms with van der Waals surface area (Å²) in [6.07, 6.45) is 8.13. The molecule has 0 aromatic heterocycles. The molecular formula is C20H29N3O3S. The molecule has 0 heterocycles. The molecule has 0 atom stereocenters. The summed E-state index contributed by atoms with van der Waals surface area (Å²) >= 11 is 1.56. The molecule has 27 heavy (non-hydrogen) atoms. The zero-order valence-corrected chi connectivity index (χ0v) is 16.7. The quantitative estimate of drug-likeness (QED) is 0.565. The van der Waals surface area contributed by atoms with Crippen LogP contribution in [0.15, 0.2) is 29.2 Å². The van der Waals surface area contributed by atoms with E-state index in [1.165, 1.54) is 19.3 Å². The zero-order chi connectivity index (χ0) is 19.5. The minimum Gasteiger partial charge on any atom is -0.356 e. The summed E-state index contributed by atoms with van der Waals surface area (Å²) in [7, 11) is 0. The molecule has 1 aromatic rings. The topological polar surface area (TPSA) is 87.3 Å². The second kappa shape index (κ2) is 11.6. The van der Waals surface area contributed by atoms with E-state index in [1.807, 2.05) is 30.5 Å². The van der Waals surface area contributed by atoms with Gasteiger partial charge in [-0.15, -0.1) is 11.8 Å². The summed E-state index contributed by atoms with van der Waals surface area (Å²) in [6, 6.07) is 7.84. The van der Waals surface area contributed by atoms with Crippen molar-refractivity contribution in [1.29, 1.82) is 0 Å². The Bertz CT molecular complexity index is 645. The van der Waals surface area contributed by atoms with Crippen molar-refractivity contribution < 1.29 is 14.4 Å². The van der Waals surface area contributed by atoms with E-state index in [4.69, 9.17) is 0 Å². The first-order valence-electron chi connectivity index (χ1n) is 9.57. The summed E-state index contributed by atoms with van der Waals surface area (Å²) in [5.41, 5.74) is 0.759. The first-order chi connectivity index (χ1) is 13.1. The van der Waals surface area contributed by atoms with Crippen LogP contribution >= 0.6 is 11.8 Å². The predicted octanol–water partition coefficient (Wildman–Crippen LogP) is 3.08. The molecule has 1 aliphatic rings. The van der Waals surface area contributed by atoms with Gasteiger partial charge in [0.25, 0.3) is 0 Å². The van der Waals surface area contributed by atoms with Crippen LogP contribution in [0.4, 0.5) is 5.69 Å². The van der Waals surface area contributed by atoms with E-state index in [1.54, 1.807) is 11.8 Å². The van der Waals surface area contributed by atoms with Gasteiger partial charge in [-0.05, 0) is 31.2 Å². The second-order valence-corrected chi connectivity index (χ2v) is 7.60. The van der Waals surface area contributed by atoms with Crippen molar-refractivity contribution in [1.82, 2.24) is 10.6 Å². The molecule has 3 N–H and O–H groups in total. The molecular weight excluding hydrogens is 362 g/mol. The van der Waals surface area contributed by atoms with Crippen LogP contribution in [0.5, 0.6) is 0 Å². The maximum Gasteiger partial charge on any atom is 0.224 e. The lowest BCUT2D eigenvalue weighted by molar-refractivity contribution is -0.125. The van der Waals surface area contributed by atoms with Crippen molar-refractivity contribution in [2.24, 2.45) is 0 Å². The number of rotatable bonds is 9. The Balaban J connectivity index is 1.60. The molecule has 0 unspecified atom stereocenters. The van der Waals surface area contributed by atoms with Crippen molar-refractivity contribution in [3.63, 3.8) is 0 Å². The van der Waals surface area contributed by atoms with Crippen LogP contribution in [0.1, 0.15) is 51.4 Å². The van der Waals surface area contributed by atoms with Crippen LogP contribution in [0.3, 0.4) is 0 Å². The Morgan fingerprint density at radius 2 is 1.67 bits per heavy atom. The zero-order valence-electron chi connectivity index (χ0n) is 15.9. The van der Waals surface area contributed by atoms with Crippen molar-refractivity contribution in [2.45, 2.75) is 62.3 Å². The predicted molar refractivity (Wildman–Crippen MR) is 109 cm³/mol. The molecule has 1 aliphatic carbocycles. The molecule has 1 saturated carbocycles. The molecule has 3 amide bonds. The average Bonchev–Trinajstić information content (AvgIpc) is 2.67. The highest BCUT2D eigenvalue weighted by Gasteiger charge is 2.15. The van der Waals surface area contributed by atoms with E-state index in [2.05, 4.69) is 16.0 Å². The minimum absolute atomic E-state index is 0.0198. The molecule has 1 aromatic carbocycles. The largest absolute Gasteiger partial charge is 0.356 e. The molecule has 7 heteroatoms. The van der Waals surface area contributed by atoms with Crippen LogP contribution in [-0.4, -0.2) is 36.6 Å². The smallest absolute Gasteiger partial charge is 0.224 e. The standard InChI is InChI=1S/C20H29N3O3S/c1-27-17-10-6-5-9-16(17)23-19(25)12-11-18(24)21-14-13-20(26)22-15-7-3-2-4-8-15/h5-6,9-10,15H,2-4,7-8,11-14H2,1H3,(H,21,24)(H,22,26)(H,23,25). The molecule has 1 fully saturated rings. The Hall–Kier alpha value is -2.02. The summed E-state index contributed by atoms with van der Waals surface area (Å²) < 4.78 is 0. The van der Waals surface area contributed by atoms with Gasteiger partial charge >= 0.3 is 0 Å². The maximum atomic E-state index is 12.0. The van der Waals surface area contributed by atoms with Gasteiger partial charge < -0.3 is 16.0 Å². The van der Waals surface area contributed by atoms with Gasteiger partial charge in [-0.1, -0.05) is 31.4 Å². The Kier molecular flexibility index (Phi) is 9.18. The van der Waals surface area contributed by atoms with E-state index in [0.717, 1.165) is 23.4 Å². The van der Waals surface area contributed by atoms with Crippen LogP contribution in [0.2, 0.25) is 0 Å². The Morgan fingerprint density at radius 1 is 0.963 bits per heavy atom. The molecule has 0 bridgehead atoms. The Morgan fingerprint density at radius 3 is 2.41 bits per heavy atom. The fourth-order valence-electron chi connectivity index (χ4n) is 3.14. The van der Waals surface area contributed by atoms with Crippen LogP contribution in [0, 0.1) is 0 Å². The number of hydrogen-bond donors (Lipinski definition) is 3. The number of anilines is 1. The van der Waals surface area contributed by atoms with Gasteiger partial charge in [0, 0.05) is 36.7 Å².